The molecule has 0 spiro atoms. The first-order valence-corrected chi connectivity index (χ1v) is 12.0. The minimum absolute atomic E-state index is 0.0440. The Morgan fingerprint density at radius 2 is 1.75 bits per heavy atom. The van der Waals surface area contributed by atoms with Gasteiger partial charge in [-0.3, -0.25) is 9.59 Å². The van der Waals surface area contributed by atoms with Crippen molar-refractivity contribution in [3.63, 3.8) is 0 Å². The molecule has 2 aromatic rings. The van der Waals surface area contributed by atoms with E-state index in [1.807, 2.05) is 13.8 Å². The zero-order valence-electron chi connectivity index (χ0n) is 18.6. The fourth-order valence-electron chi connectivity index (χ4n) is 3.46. The number of hydrogen-bond acceptors (Lipinski definition) is 5. The molecule has 1 saturated heterocycles. The van der Waals surface area contributed by atoms with Gasteiger partial charge >= 0.3 is 0 Å². The van der Waals surface area contributed by atoms with Crippen LogP contribution in [0.2, 0.25) is 0 Å². The predicted octanol–water partition coefficient (Wildman–Crippen LogP) is 3.12. The van der Waals surface area contributed by atoms with E-state index in [0.29, 0.717) is 30.9 Å². The molecule has 0 unspecified atom stereocenters. The van der Waals surface area contributed by atoms with Gasteiger partial charge in [0, 0.05) is 25.2 Å². The number of rotatable bonds is 8. The molecule has 2 aromatic carbocycles. The number of nitrogens with zero attached hydrogens (tertiary/aromatic N) is 1. The third-order valence-electron chi connectivity index (χ3n) is 5.20. The lowest BCUT2D eigenvalue weighted by Crippen LogP contribution is -2.29. The number of carbonyl (C=O) groups excluding carboxylic acids is 2. The average molecular weight is 460 g/mol. The van der Waals surface area contributed by atoms with Crippen molar-refractivity contribution in [2.24, 2.45) is 5.92 Å². The van der Waals surface area contributed by atoms with E-state index in [4.69, 9.17) is 4.74 Å². The minimum Gasteiger partial charge on any atom is -0.495 e. The summed E-state index contributed by atoms with van der Waals surface area (Å²) in [5.74, 6) is -0.339. The molecule has 1 aliphatic rings. The Hall–Kier alpha value is -2.91. The second-order valence-electron chi connectivity index (χ2n) is 8.08. The maximum absolute atomic E-state index is 13.1. The number of sulfonamides is 1. The van der Waals surface area contributed by atoms with Crippen molar-refractivity contribution in [3.8, 4) is 5.75 Å². The molecule has 8 nitrogen and oxygen atoms in total. The summed E-state index contributed by atoms with van der Waals surface area (Å²) in [7, 11) is -2.39. The number of nitrogens with one attached hydrogen (secondary N) is 2. The molecule has 0 bridgehead atoms. The number of hydrogen-bond donors (Lipinski definition) is 2. The number of carbonyl (C=O) groups is 2. The van der Waals surface area contributed by atoms with E-state index in [2.05, 4.69) is 10.6 Å². The Morgan fingerprint density at radius 3 is 2.41 bits per heavy atom. The van der Waals surface area contributed by atoms with E-state index < -0.39 is 15.9 Å². The summed E-state index contributed by atoms with van der Waals surface area (Å²) in [4.78, 5) is 25.5. The van der Waals surface area contributed by atoms with Crippen molar-refractivity contribution in [1.29, 1.82) is 0 Å². The first-order chi connectivity index (χ1) is 15.2. The molecular weight excluding hydrogens is 430 g/mol. The van der Waals surface area contributed by atoms with Gasteiger partial charge in [-0.15, -0.1) is 0 Å². The van der Waals surface area contributed by atoms with Gasteiger partial charge in [-0.2, -0.15) is 4.31 Å². The summed E-state index contributed by atoms with van der Waals surface area (Å²) in [6.07, 6.45) is 1.61. The van der Waals surface area contributed by atoms with Crippen molar-refractivity contribution >= 4 is 27.5 Å². The van der Waals surface area contributed by atoms with Crippen LogP contribution in [0.3, 0.4) is 0 Å². The van der Waals surface area contributed by atoms with Gasteiger partial charge in [0.15, 0.2) is 0 Å². The fraction of sp³-hybridized carbons (Fsp3) is 0.391. The van der Waals surface area contributed by atoms with E-state index in [-0.39, 0.29) is 28.0 Å². The highest BCUT2D eigenvalue weighted by Gasteiger charge is 2.30. The highest BCUT2D eigenvalue weighted by Crippen LogP contribution is 2.30. The van der Waals surface area contributed by atoms with Crippen LogP contribution < -0.4 is 15.4 Å². The Labute approximate surface area is 189 Å². The molecule has 9 heteroatoms. The molecule has 32 heavy (non-hydrogen) atoms. The third-order valence-corrected chi connectivity index (χ3v) is 7.12. The summed E-state index contributed by atoms with van der Waals surface area (Å²) in [5.41, 5.74) is 0.833. The normalized spacial score (nSPS) is 14.4. The maximum atomic E-state index is 13.1. The summed E-state index contributed by atoms with van der Waals surface area (Å²) < 4.78 is 32.8. The highest BCUT2D eigenvalue weighted by atomic mass is 32.2. The van der Waals surface area contributed by atoms with Gasteiger partial charge in [0.05, 0.1) is 18.4 Å². The quantitative estimate of drug-likeness (QED) is 0.631. The Kier molecular flexibility index (Phi) is 7.52. The van der Waals surface area contributed by atoms with Crippen LogP contribution in [0.15, 0.2) is 47.4 Å². The fourth-order valence-corrected chi connectivity index (χ4v) is 5.16. The summed E-state index contributed by atoms with van der Waals surface area (Å²) in [5, 5.41) is 5.57. The molecule has 0 aliphatic carbocycles. The van der Waals surface area contributed by atoms with Crippen molar-refractivity contribution < 1.29 is 22.7 Å². The van der Waals surface area contributed by atoms with E-state index >= 15 is 0 Å². The number of anilines is 1. The topological polar surface area (TPSA) is 105 Å². The number of methoxy groups -OCH3 is 1. The van der Waals surface area contributed by atoms with Gasteiger partial charge in [0.25, 0.3) is 11.8 Å². The second kappa shape index (κ2) is 10.1. The van der Waals surface area contributed by atoms with E-state index in [1.54, 1.807) is 24.3 Å². The maximum Gasteiger partial charge on any atom is 0.255 e. The largest absolute Gasteiger partial charge is 0.495 e. The van der Waals surface area contributed by atoms with Crippen molar-refractivity contribution in [1.82, 2.24) is 9.62 Å². The molecule has 1 aliphatic heterocycles. The second-order valence-corrected chi connectivity index (χ2v) is 9.99. The monoisotopic (exact) mass is 459 g/mol. The van der Waals surface area contributed by atoms with Crippen LogP contribution in [0.25, 0.3) is 0 Å². The molecule has 1 fully saturated rings. The van der Waals surface area contributed by atoms with E-state index in [0.717, 1.165) is 12.8 Å². The predicted molar refractivity (Wildman–Crippen MR) is 123 cm³/mol. The van der Waals surface area contributed by atoms with Crippen LogP contribution in [0, 0.1) is 5.92 Å². The lowest BCUT2D eigenvalue weighted by Gasteiger charge is -2.18. The lowest BCUT2D eigenvalue weighted by molar-refractivity contribution is 0.0950. The number of benzene rings is 2. The molecule has 2 N–H and O–H groups in total. The summed E-state index contributed by atoms with van der Waals surface area (Å²) in [6, 6.07) is 11.0. The van der Waals surface area contributed by atoms with Crippen molar-refractivity contribution in [2.45, 2.75) is 31.6 Å². The van der Waals surface area contributed by atoms with Crippen LogP contribution in [0.1, 0.15) is 47.4 Å². The minimum atomic E-state index is -3.78. The van der Waals surface area contributed by atoms with Gasteiger partial charge in [-0.1, -0.05) is 26.0 Å². The van der Waals surface area contributed by atoms with Gasteiger partial charge in [0.1, 0.15) is 10.6 Å². The lowest BCUT2D eigenvalue weighted by atomic mass is 10.1. The van der Waals surface area contributed by atoms with Crippen LogP contribution in [-0.2, 0) is 10.0 Å². The molecule has 0 radical (unpaired) electrons. The van der Waals surface area contributed by atoms with Gasteiger partial charge in [-0.05, 0) is 49.1 Å². The average Bonchev–Trinajstić information content (AvgIpc) is 3.33. The van der Waals surface area contributed by atoms with Crippen molar-refractivity contribution in [2.75, 3.05) is 32.1 Å². The number of amides is 2. The molecule has 0 aromatic heterocycles. The number of ether oxygens (including phenoxy) is 1. The molecule has 0 saturated carbocycles. The molecule has 2 amide bonds. The van der Waals surface area contributed by atoms with Gasteiger partial charge < -0.3 is 15.4 Å². The van der Waals surface area contributed by atoms with Crippen LogP contribution >= 0.6 is 0 Å². The zero-order valence-corrected chi connectivity index (χ0v) is 19.4. The van der Waals surface area contributed by atoms with Crippen LogP contribution in [0.5, 0.6) is 5.75 Å². The highest BCUT2D eigenvalue weighted by molar-refractivity contribution is 7.89. The molecular formula is C23H29N3O5S. The smallest absolute Gasteiger partial charge is 0.255 e. The van der Waals surface area contributed by atoms with Gasteiger partial charge in [0.2, 0.25) is 10.0 Å². The SMILES string of the molecule is COc1ccc(C(=O)Nc2ccccc2C(=O)NCC(C)C)cc1S(=O)(=O)N1CCCC1. The third kappa shape index (κ3) is 5.28. The van der Waals surface area contributed by atoms with Crippen molar-refractivity contribution in [3.05, 3.63) is 53.6 Å². The summed E-state index contributed by atoms with van der Waals surface area (Å²) >= 11 is 0. The van der Waals surface area contributed by atoms with E-state index in [1.165, 1.54) is 29.6 Å². The molecule has 1 heterocycles. The standard InChI is InChI=1S/C23H29N3O5S/c1-16(2)15-24-23(28)18-8-4-5-9-19(18)25-22(27)17-10-11-20(31-3)21(14-17)32(29,30)26-12-6-7-13-26/h4-5,8-11,14,16H,6-7,12-13,15H2,1-3H3,(H,24,28)(H,25,27). The Bertz CT molecular complexity index is 1090. The zero-order chi connectivity index (χ0) is 23.3. The molecule has 172 valence electrons. The Morgan fingerprint density at radius 1 is 1.06 bits per heavy atom. The number of para-hydroxylation sites is 1. The van der Waals surface area contributed by atoms with Gasteiger partial charge in [-0.25, -0.2) is 8.42 Å². The summed E-state index contributed by atoms with van der Waals surface area (Å²) in [6.45, 7) is 5.38. The first kappa shape index (κ1) is 23.7. The Balaban J connectivity index is 1.87. The van der Waals surface area contributed by atoms with Crippen LogP contribution in [-0.4, -0.2) is 51.3 Å². The molecule has 3 rings (SSSR count). The molecule has 0 atom stereocenters. The van der Waals surface area contributed by atoms with E-state index in [9.17, 15) is 18.0 Å². The first-order valence-electron chi connectivity index (χ1n) is 10.6. The van der Waals surface area contributed by atoms with Crippen LogP contribution in [0.4, 0.5) is 5.69 Å².